The molecular weight excluding hydrogens is 279 g/mol. The van der Waals surface area contributed by atoms with Gasteiger partial charge in [0.15, 0.2) is 12.0 Å². The van der Waals surface area contributed by atoms with Crippen LogP contribution in [0.5, 0.6) is 0 Å². The highest BCUT2D eigenvalue weighted by Crippen LogP contribution is 2.65. The highest BCUT2D eigenvalue weighted by Gasteiger charge is 2.62. The van der Waals surface area contributed by atoms with E-state index >= 15 is 0 Å². The molecule has 0 bridgehead atoms. The minimum Gasteiger partial charge on any atom is -0.300 e. The lowest BCUT2D eigenvalue weighted by molar-refractivity contribution is -0.144. The van der Waals surface area contributed by atoms with Crippen molar-refractivity contribution in [3.63, 3.8) is 0 Å². The number of halogens is 1. The Morgan fingerprint density at radius 2 is 1.82 bits per heavy atom. The van der Waals surface area contributed by atoms with Gasteiger partial charge in [-0.2, -0.15) is 0 Å². The van der Waals surface area contributed by atoms with Gasteiger partial charge in [-0.15, -0.1) is 0 Å². The van der Waals surface area contributed by atoms with Gasteiger partial charge < -0.3 is 0 Å². The number of carbonyl (C=O) groups is 2. The highest BCUT2D eigenvalue weighted by atomic mass is 19.1. The molecule has 0 aliphatic heterocycles. The van der Waals surface area contributed by atoms with Gasteiger partial charge in [0.25, 0.3) is 0 Å². The number of alkyl halides is 1. The molecule has 3 unspecified atom stereocenters. The van der Waals surface area contributed by atoms with E-state index in [1.807, 2.05) is 6.92 Å². The molecule has 0 aromatic carbocycles. The molecule has 0 aromatic rings. The number of rotatable bonds is 0. The number of hydrogen-bond donors (Lipinski definition) is 0. The first-order valence-corrected chi connectivity index (χ1v) is 9.06. The van der Waals surface area contributed by atoms with E-state index in [1.165, 1.54) is 0 Å². The molecule has 0 amide bonds. The Labute approximate surface area is 132 Å². The lowest BCUT2D eigenvalue weighted by Gasteiger charge is -2.59. The Morgan fingerprint density at radius 1 is 1.05 bits per heavy atom. The second-order valence-corrected chi connectivity index (χ2v) is 8.92. The fourth-order valence-corrected chi connectivity index (χ4v) is 6.79. The summed E-state index contributed by atoms with van der Waals surface area (Å²) in [6.07, 6.45) is 5.82. The molecule has 7 atom stereocenters. The van der Waals surface area contributed by atoms with Gasteiger partial charge in [-0.25, -0.2) is 4.39 Å². The van der Waals surface area contributed by atoms with Crippen LogP contribution in [0.3, 0.4) is 0 Å². The summed E-state index contributed by atoms with van der Waals surface area (Å²) in [6, 6.07) is 0. The van der Waals surface area contributed by atoms with Crippen molar-refractivity contribution in [1.29, 1.82) is 0 Å². The molecule has 122 valence electrons. The Morgan fingerprint density at radius 3 is 2.59 bits per heavy atom. The van der Waals surface area contributed by atoms with Crippen LogP contribution in [0.4, 0.5) is 4.39 Å². The maximum Gasteiger partial charge on any atom is 0.173 e. The molecule has 4 fully saturated rings. The molecule has 2 nitrogen and oxygen atoms in total. The van der Waals surface area contributed by atoms with Gasteiger partial charge in [0, 0.05) is 18.3 Å². The standard InChI is InChI=1S/C19H27FO2/c1-18-7-5-12(21)9-11(18)3-4-13-14(18)6-8-19(2)15(13)10-16(20)17(19)22/h11,13-16H,3-10H2,1-2H3/t11-,13?,14?,15?,16+,18-,19-/m0/s1. The van der Waals surface area contributed by atoms with Crippen molar-refractivity contribution in [2.75, 3.05) is 0 Å². The second kappa shape index (κ2) is 4.64. The van der Waals surface area contributed by atoms with E-state index in [4.69, 9.17) is 0 Å². The minimum atomic E-state index is -1.23. The van der Waals surface area contributed by atoms with Crippen molar-refractivity contribution in [2.24, 2.45) is 34.5 Å². The molecule has 0 radical (unpaired) electrons. The molecule has 4 aliphatic rings. The number of fused-ring (bicyclic) bond motifs is 5. The van der Waals surface area contributed by atoms with E-state index < -0.39 is 11.6 Å². The van der Waals surface area contributed by atoms with Crippen LogP contribution < -0.4 is 0 Å². The lowest BCUT2D eigenvalue weighted by atomic mass is 9.45. The van der Waals surface area contributed by atoms with Crippen LogP contribution in [-0.2, 0) is 9.59 Å². The molecule has 22 heavy (non-hydrogen) atoms. The third-order valence-corrected chi connectivity index (χ3v) is 8.18. The Hall–Kier alpha value is -0.730. The molecular formula is C19H27FO2. The van der Waals surface area contributed by atoms with Gasteiger partial charge in [-0.3, -0.25) is 9.59 Å². The summed E-state index contributed by atoms with van der Waals surface area (Å²) >= 11 is 0. The van der Waals surface area contributed by atoms with Crippen LogP contribution in [0.15, 0.2) is 0 Å². The van der Waals surface area contributed by atoms with E-state index in [0.29, 0.717) is 30.0 Å². The zero-order valence-electron chi connectivity index (χ0n) is 13.7. The molecule has 3 heteroatoms. The minimum absolute atomic E-state index is 0.123. The van der Waals surface area contributed by atoms with Crippen LogP contribution in [-0.4, -0.2) is 17.7 Å². The largest absolute Gasteiger partial charge is 0.300 e. The monoisotopic (exact) mass is 306 g/mol. The predicted molar refractivity (Wildman–Crippen MR) is 82.0 cm³/mol. The van der Waals surface area contributed by atoms with Crippen LogP contribution in [0.2, 0.25) is 0 Å². The van der Waals surface area contributed by atoms with Gasteiger partial charge in [0.1, 0.15) is 5.78 Å². The van der Waals surface area contributed by atoms with Crippen molar-refractivity contribution in [3.05, 3.63) is 0 Å². The normalized spacial score (nSPS) is 54.6. The molecule has 0 spiro atoms. The van der Waals surface area contributed by atoms with E-state index in [-0.39, 0.29) is 17.1 Å². The number of ketones is 2. The number of carbonyl (C=O) groups excluding carboxylic acids is 2. The van der Waals surface area contributed by atoms with Crippen molar-refractivity contribution in [2.45, 2.75) is 71.4 Å². The van der Waals surface area contributed by atoms with Crippen LogP contribution in [0.25, 0.3) is 0 Å². The third kappa shape index (κ3) is 1.77. The van der Waals surface area contributed by atoms with Crippen molar-refractivity contribution in [1.82, 2.24) is 0 Å². The third-order valence-electron chi connectivity index (χ3n) is 8.18. The molecule has 0 saturated heterocycles. The fourth-order valence-electron chi connectivity index (χ4n) is 6.79. The molecule has 4 aliphatic carbocycles. The van der Waals surface area contributed by atoms with Crippen LogP contribution in [0, 0.1) is 34.5 Å². The fraction of sp³-hybridized carbons (Fsp3) is 0.895. The smallest absolute Gasteiger partial charge is 0.173 e. The summed E-state index contributed by atoms with van der Waals surface area (Å²) in [7, 11) is 0. The maximum atomic E-state index is 14.1. The lowest BCUT2D eigenvalue weighted by Crippen LogP contribution is -2.53. The van der Waals surface area contributed by atoms with Gasteiger partial charge >= 0.3 is 0 Å². The summed E-state index contributed by atoms with van der Waals surface area (Å²) < 4.78 is 14.1. The average Bonchev–Trinajstić information content (AvgIpc) is 2.72. The van der Waals surface area contributed by atoms with Gasteiger partial charge in [0.2, 0.25) is 0 Å². The van der Waals surface area contributed by atoms with Crippen molar-refractivity contribution < 1.29 is 14.0 Å². The van der Waals surface area contributed by atoms with Gasteiger partial charge in [-0.05, 0) is 67.6 Å². The van der Waals surface area contributed by atoms with Crippen LogP contribution in [0.1, 0.15) is 65.2 Å². The first-order chi connectivity index (χ1) is 10.4. The van der Waals surface area contributed by atoms with E-state index in [9.17, 15) is 14.0 Å². The van der Waals surface area contributed by atoms with Crippen LogP contribution >= 0.6 is 0 Å². The maximum absolute atomic E-state index is 14.1. The van der Waals surface area contributed by atoms with E-state index in [0.717, 1.165) is 44.9 Å². The predicted octanol–water partition coefficient (Wildman–Crippen LogP) is 4.12. The summed E-state index contributed by atoms with van der Waals surface area (Å²) in [6.45, 7) is 4.40. The zero-order valence-corrected chi connectivity index (χ0v) is 13.7. The van der Waals surface area contributed by atoms with Crippen molar-refractivity contribution in [3.8, 4) is 0 Å². The summed E-state index contributed by atoms with van der Waals surface area (Å²) in [5.74, 6) is 2.17. The van der Waals surface area contributed by atoms with E-state index in [2.05, 4.69) is 6.92 Å². The quantitative estimate of drug-likeness (QED) is 0.675. The SMILES string of the molecule is C[C@]12CCC3C(CC[C@H]4CC(=O)CC[C@]34C)C1C[C@@H](F)C2=O. The second-order valence-electron chi connectivity index (χ2n) is 8.92. The Bertz CT molecular complexity index is 530. The molecule has 0 N–H and O–H groups in total. The Kier molecular flexibility index (Phi) is 3.13. The highest BCUT2D eigenvalue weighted by molar-refractivity contribution is 5.91. The zero-order chi connectivity index (χ0) is 15.7. The molecule has 0 aromatic heterocycles. The Balaban J connectivity index is 1.66. The number of hydrogen-bond acceptors (Lipinski definition) is 2. The van der Waals surface area contributed by atoms with Gasteiger partial charge in [0.05, 0.1) is 0 Å². The summed E-state index contributed by atoms with van der Waals surface area (Å²) in [4.78, 5) is 24.2. The molecule has 4 rings (SSSR count). The van der Waals surface area contributed by atoms with E-state index in [1.54, 1.807) is 0 Å². The first-order valence-electron chi connectivity index (χ1n) is 9.06. The topological polar surface area (TPSA) is 34.1 Å². The molecule has 0 heterocycles. The first kappa shape index (κ1) is 14.8. The summed E-state index contributed by atoms with van der Waals surface area (Å²) in [5, 5.41) is 0. The number of Topliss-reactive ketones (excluding diaryl/α,β-unsaturated/α-hetero) is 2. The van der Waals surface area contributed by atoms with Gasteiger partial charge in [-0.1, -0.05) is 13.8 Å². The molecule has 4 saturated carbocycles. The van der Waals surface area contributed by atoms with Crippen molar-refractivity contribution >= 4 is 11.6 Å². The average molecular weight is 306 g/mol. The summed E-state index contributed by atoms with van der Waals surface area (Å²) in [5.41, 5.74) is -0.163.